The van der Waals surface area contributed by atoms with E-state index in [1.165, 1.54) is 11.3 Å². The molecule has 0 saturated carbocycles. The second-order valence-corrected chi connectivity index (χ2v) is 5.55. The van der Waals surface area contributed by atoms with Crippen molar-refractivity contribution < 1.29 is 9.90 Å². The van der Waals surface area contributed by atoms with Crippen molar-refractivity contribution in [2.24, 2.45) is 0 Å². The maximum Gasteiger partial charge on any atom is 0.265 e. The molecule has 2 aromatic rings. The van der Waals surface area contributed by atoms with Gasteiger partial charge in [-0.2, -0.15) is 0 Å². The largest absolute Gasteiger partial charge is 0.384 e. The van der Waals surface area contributed by atoms with Gasteiger partial charge in [0.25, 0.3) is 5.91 Å². The number of rotatable bonds is 2. The van der Waals surface area contributed by atoms with E-state index in [0.29, 0.717) is 25.5 Å². The van der Waals surface area contributed by atoms with E-state index in [0.717, 1.165) is 0 Å². The number of carbonyl (C=O) groups is 1. The average Bonchev–Trinajstić information content (AvgIpc) is 2.90. The van der Waals surface area contributed by atoms with E-state index >= 15 is 0 Å². The van der Waals surface area contributed by atoms with Crippen molar-refractivity contribution >= 4 is 46.1 Å². The van der Waals surface area contributed by atoms with Crippen LogP contribution in [0.5, 0.6) is 0 Å². The third-order valence-electron chi connectivity index (χ3n) is 2.32. The van der Waals surface area contributed by atoms with Crippen LogP contribution in [0.15, 0.2) is 30.3 Å². The Bertz CT molecular complexity index is 701. The summed E-state index contributed by atoms with van der Waals surface area (Å²) in [7, 11) is 0. The fourth-order valence-electron chi connectivity index (χ4n) is 1.44. The van der Waals surface area contributed by atoms with Gasteiger partial charge in [0.1, 0.15) is 6.61 Å². The van der Waals surface area contributed by atoms with Crippen molar-refractivity contribution in [3.63, 3.8) is 0 Å². The summed E-state index contributed by atoms with van der Waals surface area (Å²) in [5, 5.41) is 12.0. The van der Waals surface area contributed by atoms with E-state index in [1.54, 1.807) is 30.3 Å². The van der Waals surface area contributed by atoms with Crippen LogP contribution in [0.3, 0.4) is 0 Å². The van der Waals surface area contributed by atoms with Crippen molar-refractivity contribution in [3.05, 3.63) is 50.1 Å². The summed E-state index contributed by atoms with van der Waals surface area (Å²) in [5.41, 5.74) is 0.459. The number of carbonyl (C=O) groups excluding carboxylic acids is 1. The molecule has 0 fully saturated rings. The van der Waals surface area contributed by atoms with Crippen LogP contribution < -0.4 is 5.32 Å². The molecule has 1 aromatic carbocycles. The lowest BCUT2D eigenvalue weighted by Gasteiger charge is -2.06. The summed E-state index contributed by atoms with van der Waals surface area (Å²) < 4.78 is 0. The molecule has 0 atom stereocenters. The minimum atomic E-state index is -0.281. The Morgan fingerprint density at radius 3 is 2.85 bits per heavy atom. The van der Waals surface area contributed by atoms with Crippen LogP contribution in [0.1, 0.15) is 14.5 Å². The van der Waals surface area contributed by atoms with Crippen molar-refractivity contribution in [2.75, 3.05) is 11.9 Å². The van der Waals surface area contributed by atoms with Gasteiger partial charge in [0.2, 0.25) is 0 Å². The Morgan fingerprint density at radius 2 is 2.10 bits per heavy atom. The van der Waals surface area contributed by atoms with E-state index in [4.69, 9.17) is 28.3 Å². The summed E-state index contributed by atoms with van der Waals surface area (Å²) in [6, 6.07) is 8.41. The Labute approximate surface area is 130 Å². The maximum absolute atomic E-state index is 12.1. The van der Waals surface area contributed by atoms with Gasteiger partial charge in [-0.25, -0.2) is 0 Å². The predicted octanol–water partition coefficient (Wildman–Crippen LogP) is 3.65. The quantitative estimate of drug-likeness (QED) is 0.828. The van der Waals surface area contributed by atoms with Gasteiger partial charge in [-0.15, -0.1) is 11.3 Å². The first-order valence-electron chi connectivity index (χ1n) is 5.56. The monoisotopic (exact) mass is 325 g/mol. The molecule has 6 heteroatoms. The zero-order chi connectivity index (χ0) is 14.5. The average molecular weight is 326 g/mol. The molecule has 0 saturated heterocycles. The zero-order valence-electron chi connectivity index (χ0n) is 10.1. The van der Waals surface area contributed by atoms with Crippen molar-refractivity contribution in [3.8, 4) is 11.8 Å². The lowest BCUT2D eigenvalue weighted by molar-refractivity contribution is 0.103. The third kappa shape index (κ3) is 3.53. The van der Waals surface area contributed by atoms with Crippen molar-refractivity contribution in [2.45, 2.75) is 0 Å². The van der Waals surface area contributed by atoms with Gasteiger partial charge in [-0.05, 0) is 24.3 Å². The molecule has 0 aliphatic rings. The van der Waals surface area contributed by atoms with Crippen LogP contribution in [0, 0.1) is 11.8 Å². The maximum atomic E-state index is 12.1. The van der Waals surface area contributed by atoms with Crippen LogP contribution in [-0.4, -0.2) is 17.6 Å². The van der Waals surface area contributed by atoms with Gasteiger partial charge >= 0.3 is 0 Å². The number of aliphatic hydroxyl groups is 1. The van der Waals surface area contributed by atoms with E-state index in [1.807, 2.05) is 0 Å². The van der Waals surface area contributed by atoms with Crippen molar-refractivity contribution in [1.29, 1.82) is 0 Å². The fourth-order valence-corrected chi connectivity index (χ4v) is 2.56. The number of amides is 1. The number of nitrogens with one attached hydrogen (secondary N) is 1. The van der Waals surface area contributed by atoms with Gasteiger partial charge in [-0.1, -0.05) is 41.1 Å². The minimum Gasteiger partial charge on any atom is -0.384 e. The van der Waals surface area contributed by atoms with Crippen LogP contribution in [0.25, 0.3) is 0 Å². The number of aliphatic hydroxyl groups excluding tert-OH is 1. The molecule has 1 aromatic heterocycles. The zero-order valence-corrected chi connectivity index (χ0v) is 12.4. The first-order chi connectivity index (χ1) is 9.61. The Hall–Kier alpha value is -1.51. The predicted molar refractivity (Wildman–Crippen MR) is 82.7 cm³/mol. The normalized spacial score (nSPS) is 9.75. The Kier molecular flexibility index (Phi) is 5.05. The highest BCUT2D eigenvalue weighted by atomic mass is 35.5. The molecule has 102 valence electrons. The van der Waals surface area contributed by atoms with E-state index in [2.05, 4.69) is 17.2 Å². The molecule has 1 heterocycles. The van der Waals surface area contributed by atoms with Crippen LogP contribution in [-0.2, 0) is 0 Å². The lowest BCUT2D eigenvalue weighted by Crippen LogP contribution is -2.10. The molecule has 0 unspecified atom stereocenters. The standard InChI is InChI=1S/C14H9Cl2NO2S/c15-10-4-1-5-11(13(10)16)17-14(19)12-7-6-9(20-12)3-2-8-18/h1,4-7,18H,8H2,(H,17,19). The molecule has 0 aliphatic carbocycles. The summed E-state index contributed by atoms with van der Waals surface area (Å²) in [4.78, 5) is 13.3. The van der Waals surface area contributed by atoms with Gasteiger partial charge in [0.15, 0.2) is 0 Å². The highest BCUT2D eigenvalue weighted by molar-refractivity contribution is 7.14. The molecule has 0 radical (unpaired) electrons. The first-order valence-corrected chi connectivity index (χ1v) is 7.14. The van der Waals surface area contributed by atoms with Crippen LogP contribution in [0.2, 0.25) is 10.0 Å². The molecular formula is C14H9Cl2NO2S. The smallest absolute Gasteiger partial charge is 0.265 e. The molecule has 0 bridgehead atoms. The summed E-state index contributed by atoms with van der Waals surface area (Å²) in [6.45, 7) is -0.211. The van der Waals surface area contributed by atoms with Crippen LogP contribution in [0.4, 0.5) is 5.69 Å². The topological polar surface area (TPSA) is 49.3 Å². The molecule has 2 rings (SSSR count). The number of benzene rings is 1. The lowest BCUT2D eigenvalue weighted by atomic mass is 10.3. The molecule has 2 N–H and O–H groups in total. The number of thiophene rings is 1. The number of hydrogen-bond acceptors (Lipinski definition) is 3. The first kappa shape index (κ1) is 14.9. The molecule has 3 nitrogen and oxygen atoms in total. The molecule has 1 amide bonds. The number of hydrogen-bond donors (Lipinski definition) is 2. The molecule has 0 aliphatic heterocycles. The van der Waals surface area contributed by atoms with Gasteiger partial charge in [0.05, 0.1) is 25.5 Å². The molecule has 0 spiro atoms. The van der Waals surface area contributed by atoms with Crippen molar-refractivity contribution in [1.82, 2.24) is 0 Å². The van der Waals surface area contributed by atoms with E-state index in [9.17, 15) is 4.79 Å². The minimum absolute atomic E-state index is 0.211. The highest BCUT2D eigenvalue weighted by Crippen LogP contribution is 2.30. The molecular weight excluding hydrogens is 317 g/mol. The van der Waals surface area contributed by atoms with E-state index < -0.39 is 0 Å². The third-order valence-corrected chi connectivity index (χ3v) is 4.14. The van der Waals surface area contributed by atoms with Gasteiger partial charge < -0.3 is 10.4 Å². The SMILES string of the molecule is O=C(Nc1cccc(Cl)c1Cl)c1ccc(C#CCO)s1. The number of halogens is 2. The highest BCUT2D eigenvalue weighted by Gasteiger charge is 2.12. The second kappa shape index (κ2) is 6.78. The Morgan fingerprint density at radius 1 is 1.30 bits per heavy atom. The summed E-state index contributed by atoms with van der Waals surface area (Å²) in [5.74, 6) is 4.99. The summed E-state index contributed by atoms with van der Waals surface area (Å²) >= 11 is 13.1. The van der Waals surface area contributed by atoms with Gasteiger partial charge in [0, 0.05) is 0 Å². The van der Waals surface area contributed by atoms with Gasteiger partial charge in [-0.3, -0.25) is 4.79 Å². The Balaban J connectivity index is 2.16. The van der Waals surface area contributed by atoms with E-state index in [-0.39, 0.29) is 12.5 Å². The second-order valence-electron chi connectivity index (χ2n) is 3.68. The molecule has 20 heavy (non-hydrogen) atoms. The fraction of sp³-hybridized carbons (Fsp3) is 0.0714. The summed E-state index contributed by atoms with van der Waals surface area (Å²) in [6.07, 6.45) is 0. The van der Waals surface area contributed by atoms with Crippen LogP contribution >= 0.6 is 34.5 Å². The number of anilines is 1.